The molecule has 1 aliphatic heterocycles. The number of ketones is 1. The number of hydrogen-bond acceptors (Lipinski definition) is 5. The molecule has 27 heavy (non-hydrogen) atoms. The Balaban J connectivity index is 1.67. The van der Waals surface area contributed by atoms with Crippen LogP contribution in [0, 0.1) is 0 Å². The monoisotopic (exact) mass is 387 g/mol. The van der Waals surface area contributed by atoms with Crippen LogP contribution in [0.4, 0.5) is 5.69 Å². The van der Waals surface area contributed by atoms with Crippen LogP contribution in [0.15, 0.2) is 42.5 Å². The predicted octanol–water partition coefficient (Wildman–Crippen LogP) is 1.87. The summed E-state index contributed by atoms with van der Waals surface area (Å²) in [4.78, 5) is 36.4. The molecular formula is C19H17NO6S. The van der Waals surface area contributed by atoms with Gasteiger partial charge in [-0.15, -0.1) is 0 Å². The minimum Gasteiger partial charge on any atom is -0.482 e. The van der Waals surface area contributed by atoms with Crippen molar-refractivity contribution in [3.8, 4) is 5.75 Å². The number of carbonyl (C=O) groups excluding carboxylic acids is 2. The highest BCUT2D eigenvalue weighted by Crippen LogP contribution is 2.32. The molecule has 0 spiro atoms. The number of ether oxygens (including phenoxy) is 1. The molecule has 140 valence electrons. The first kappa shape index (κ1) is 18.8. The van der Waals surface area contributed by atoms with Crippen molar-refractivity contribution >= 4 is 34.1 Å². The molecule has 1 heterocycles. The Bertz CT molecular complexity index is 938. The minimum atomic E-state index is -1.45. The fraction of sp³-hybridized carbons (Fsp3) is 0.211. The van der Waals surface area contributed by atoms with Gasteiger partial charge in [0.1, 0.15) is 5.75 Å². The van der Waals surface area contributed by atoms with Crippen LogP contribution >= 0.6 is 0 Å². The van der Waals surface area contributed by atoms with E-state index in [0.29, 0.717) is 22.6 Å². The zero-order valence-corrected chi connectivity index (χ0v) is 15.3. The molecule has 0 aromatic heterocycles. The Morgan fingerprint density at radius 2 is 1.81 bits per heavy atom. The second-order valence-corrected chi connectivity index (χ2v) is 7.53. The molecule has 0 saturated carbocycles. The van der Waals surface area contributed by atoms with Crippen LogP contribution in [0.5, 0.6) is 5.75 Å². The molecule has 1 unspecified atom stereocenters. The molecule has 0 bridgehead atoms. The fourth-order valence-electron chi connectivity index (χ4n) is 2.66. The number of aromatic carboxylic acids is 1. The average Bonchev–Trinajstić information content (AvgIpc) is 2.65. The van der Waals surface area contributed by atoms with Gasteiger partial charge in [0.15, 0.2) is 12.4 Å². The van der Waals surface area contributed by atoms with Crippen LogP contribution in [0.3, 0.4) is 0 Å². The molecule has 0 fully saturated rings. The lowest BCUT2D eigenvalue weighted by Gasteiger charge is -2.26. The highest BCUT2D eigenvalue weighted by Gasteiger charge is 2.23. The Morgan fingerprint density at radius 3 is 2.48 bits per heavy atom. The first-order valence-electron chi connectivity index (χ1n) is 8.09. The molecule has 0 saturated heterocycles. The molecule has 1 atom stereocenters. The summed E-state index contributed by atoms with van der Waals surface area (Å²) < 4.78 is 17.6. The molecule has 2 aromatic rings. The van der Waals surface area contributed by atoms with Crippen molar-refractivity contribution in [3.63, 3.8) is 0 Å². The molecule has 3 rings (SSSR count). The van der Waals surface area contributed by atoms with E-state index in [2.05, 4.69) is 0 Å². The van der Waals surface area contributed by atoms with E-state index in [-0.39, 0.29) is 35.4 Å². The van der Waals surface area contributed by atoms with E-state index in [1.54, 1.807) is 37.4 Å². The molecule has 0 aliphatic carbocycles. The van der Waals surface area contributed by atoms with Crippen LogP contribution in [0.2, 0.25) is 0 Å². The largest absolute Gasteiger partial charge is 0.482 e. The molecule has 1 N–H and O–H groups in total. The van der Waals surface area contributed by atoms with Crippen LogP contribution in [0.25, 0.3) is 0 Å². The zero-order chi connectivity index (χ0) is 19.6. The molecule has 8 heteroatoms. The number of anilines is 1. The van der Waals surface area contributed by atoms with Gasteiger partial charge >= 0.3 is 5.97 Å². The van der Waals surface area contributed by atoms with Crippen LogP contribution < -0.4 is 9.64 Å². The number of carboxylic acids is 1. The number of benzene rings is 2. The fourth-order valence-corrected chi connectivity index (χ4v) is 3.78. The Hall–Kier alpha value is -3.00. The number of rotatable bonds is 6. The summed E-state index contributed by atoms with van der Waals surface area (Å²) in [6.07, 6.45) is 0. The van der Waals surface area contributed by atoms with Crippen molar-refractivity contribution in [3.05, 3.63) is 59.2 Å². The standard InChI is InChI=1S/C19H17NO6S/c1-20-15-8-14(6-7-17(15)26-9-18(20)22)16(21)11-27(25)10-12-2-4-13(5-3-12)19(23)24/h2-8H,9-11H2,1H3,(H,23,24). The van der Waals surface area contributed by atoms with E-state index in [0.717, 1.165) is 0 Å². The van der Waals surface area contributed by atoms with Crippen molar-refractivity contribution < 1.29 is 28.4 Å². The van der Waals surface area contributed by atoms with Crippen molar-refractivity contribution in [2.75, 3.05) is 24.3 Å². The van der Waals surface area contributed by atoms with Gasteiger partial charge in [0.2, 0.25) is 0 Å². The van der Waals surface area contributed by atoms with E-state index < -0.39 is 16.8 Å². The van der Waals surface area contributed by atoms with Gasteiger partial charge < -0.3 is 14.7 Å². The van der Waals surface area contributed by atoms with Crippen LogP contribution in [0.1, 0.15) is 26.3 Å². The molecule has 2 aromatic carbocycles. The van der Waals surface area contributed by atoms with Gasteiger partial charge in [-0.05, 0) is 35.9 Å². The summed E-state index contributed by atoms with van der Waals surface area (Å²) in [7, 11) is 0.163. The van der Waals surface area contributed by atoms with E-state index in [1.165, 1.54) is 17.0 Å². The van der Waals surface area contributed by atoms with Crippen LogP contribution in [-0.2, 0) is 21.3 Å². The number of nitrogens with zero attached hydrogens (tertiary/aromatic N) is 1. The predicted molar refractivity (Wildman–Crippen MR) is 99.8 cm³/mol. The smallest absolute Gasteiger partial charge is 0.335 e. The number of amides is 1. The quantitative estimate of drug-likeness (QED) is 0.760. The first-order chi connectivity index (χ1) is 12.8. The number of carbonyl (C=O) groups is 3. The van der Waals surface area contributed by atoms with E-state index >= 15 is 0 Å². The third kappa shape index (κ3) is 4.22. The number of Topliss-reactive ketones (excluding diaryl/α,β-unsaturated/α-hetero) is 1. The van der Waals surface area contributed by atoms with Gasteiger partial charge in [0.05, 0.1) is 17.0 Å². The second kappa shape index (κ2) is 7.71. The third-order valence-corrected chi connectivity index (χ3v) is 5.43. The lowest BCUT2D eigenvalue weighted by Crippen LogP contribution is -2.35. The van der Waals surface area contributed by atoms with Gasteiger partial charge in [-0.25, -0.2) is 4.79 Å². The highest BCUT2D eigenvalue weighted by molar-refractivity contribution is 7.85. The molecular weight excluding hydrogens is 370 g/mol. The molecule has 0 radical (unpaired) electrons. The molecule has 7 nitrogen and oxygen atoms in total. The Kier molecular flexibility index (Phi) is 5.36. The summed E-state index contributed by atoms with van der Waals surface area (Å²) >= 11 is 0. The SMILES string of the molecule is CN1C(=O)COc2ccc(C(=O)CS(=O)Cc3ccc(C(=O)O)cc3)cc21. The summed E-state index contributed by atoms with van der Waals surface area (Å²) in [5, 5.41) is 8.88. The topological polar surface area (TPSA) is 101 Å². The van der Waals surface area contributed by atoms with Gasteiger partial charge in [-0.2, -0.15) is 0 Å². The Morgan fingerprint density at radius 1 is 1.15 bits per heavy atom. The first-order valence-corrected chi connectivity index (χ1v) is 9.58. The lowest BCUT2D eigenvalue weighted by atomic mass is 10.1. The minimum absolute atomic E-state index is 0.0402. The summed E-state index contributed by atoms with van der Waals surface area (Å²) in [6.45, 7) is -0.0402. The number of carboxylic acid groups (broad SMARTS) is 1. The van der Waals surface area contributed by atoms with Crippen molar-refractivity contribution in [1.82, 2.24) is 0 Å². The molecule has 1 amide bonds. The second-order valence-electron chi connectivity index (χ2n) is 6.08. The van der Waals surface area contributed by atoms with Crippen molar-refractivity contribution in [2.45, 2.75) is 5.75 Å². The third-order valence-electron chi connectivity index (χ3n) is 4.19. The zero-order valence-electron chi connectivity index (χ0n) is 14.5. The van der Waals surface area contributed by atoms with Crippen molar-refractivity contribution in [2.24, 2.45) is 0 Å². The normalized spacial score (nSPS) is 14.3. The maximum atomic E-state index is 12.4. The van der Waals surface area contributed by atoms with E-state index in [9.17, 15) is 18.6 Å². The van der Waals surface area contributed by atoms with Gasteiger partial charge in [-0.3, -0.25) is 13.8 Å². The average molecular weight is 387 g/mol. The summed E-state index contributed by atoms with van der Waals surface area (Å²) in [5.74, 6) is -1.04. The van der Waals surface area contributed by atoms with E-state index in [4.69, 9.17) is 9.84 Å². The number of fused-ring (bicyclic) bond motifs is 1. The van der Waals surface area contributed by atoms with Gasteiger partial charge in [-0.1, -0.05) is 12.1 Å². The highest BCUT2D eigenvalue weighted by atomic mass is 32.2. The van der Waals surface area contributed by atoms with Crippen LogP contribution in [-0.4, -0.2) is 46.4 Å². The van der Waals surface area contributed by atoms with Crippen molar-refractivity contribution in [1.29, 1.82) is 0 Å². The summed E-state index contributed by atoms with van der Waals surface area (Å²) in [5.41, 5.74) is 1.70. The van der Waals surface area contributed by atoms with Gasteiger partial charge in [0.25, 0.3) is 5.91 Å². The number of likely N-dealkylation sites (N-methyl/N-ethyl adjacent to an activating group) is 1. The van der Waals surface area contributed by atoms with E-state index in [1.807, 2.05) is 0 Å². The maximum absolute atomic E-state index is 12.4. The maximum Gasteiger partial charge on any atom is 0.335 e. The Labute approximate surface area is 158 Å². The van der Waals surface area contributed by atoms with Gasteiger partial charge in [0, 0.05) is 29.2 Å². The number of hydrogen-bond donors (Lipinski definition) is 1. The summed E-state index contributed by atoms with van der Waals surface area (Å²) in [6, 6.07) is 10.8. The molecule has 1 aliphatic rings. The lowest BCUT2D eigenvalue weighted by molar-refractivity contribution is -0.121.